The van der Waals surface area contributed by atoms with Crippen molar-refractivity contribution >= 4 is 40.5 Å². The Balaban J connectivity index is 1.27. The molecule has 2 N–H and O–H groups in total. The minimum atomic E-state index is -0.238. The third kappa shape index (κ3) is 6.29. The Bertz CT molecular complexity index is 1210. The number of hydrogen-bond acceptors (Lipinski definition) is 4. The molecule has 0 radical (unpaired) electrons. The highest BCUT2D eigenvalue weighted by Gasteiger charge is 2.22. The average molecular weight is 501 g/mol. The lowest BCUT2D eigenvalue weighted by Gasteiger charge is -2.36. The summed E-state index contributed by atoms with van der Waals surface area (Å²) in [7, 11) is 0. The molecule has 1 aliphatic rings. The number of benzene rings is 3. The maximum Gasteiger partial charge on any atom is 0.257 e. The molecule has 0 atom stereocenters. The molecule has 1 saturated heterocycles. The van der Waals surface area contributed by atoms with Crippen LogP contribution >= 0.6 is 12.2 Å². The minimum Gasteiger partial charge on any atom is -0.368 e. The molecule has 0 unspecified atom stereocenters. The number of nitrogens with one attached hydrogen (secondary N) is 2. The first-order valence-corrected chi connectivity index (χ1v) is 12.6. The highest BCUT2D eigenvalue weighted by Crippen LogP contribution is 2.21. The average Bonchev–Trinajstić information content (AvgIpc) is 2.89. The van der Waals surface area contributed by atoms with Gasteiger partial charge in [-0.3, -0.25) is 14.9 Å². The molecule has 3 aromatic carbocycles. The van der Waals surface area contributed by atoms with E-state index in [2.05, 4.69) is 29.4 Å². The van der Waals surface area contributed by atoms with Crippen LogP contribution in [0.3, 0.4) is 0 Å². The predicted molar refractivity (Wildman–Crippen MR) is 150 cm³/mol. The molecule has 7 heteroatoms. The molecule has 3 aromatic rings. The van der Waals surface area contributed by atoms with Crippen LogP contribution in [0.15, 0.2) is 72.8 Å². The second kappa shape index (κ2) is 11.4. The SMILES string of the molecule is Cc1ccc(C(=O)N2CCN(c3ccc(NC(=S)NC(=O)c4ccc(C(C)C)cc4)cc3)CC2)cc1. The first kappa shape index (κ1) is 25.4. The Morgan fingerprint density at radius 1 is 0.806 bits per heavy atom. The largest absolute Gasteiger partial charge is 0.368 e. The number of rotatable bonds is 5. The van der Waals surface area contributed by atoms with Gasteiger partial charge in [-0.2, -0.15) is 0 Å². The van der Waals surface area contributed by atoms with Gasteiger partial charge in [-0.25, -0.2) is 0 Å². The summed E-state index contributed by atoms with van der Waals surface area (Å²) in [4.78, 5) is 29.4. The minimum absolute atomic E-state index is 0.0839. The number of carbonyl (C=O) groups is 2. The molecule has 186 valence electrons. The molecule has 1 fully saturated rings. The van der Waals surface area contributed by atoms with Gasteiger partial charge in [0.2, 0.25) is 0 Å². The van der Waals surface area contributed by atoms with Gasteiger partial charge in [-0.1, -0.05) is 43.7 Å². The zero-order valence-electron chi connectivity index (χ0n) is 21.0. The molecule has 0 saturated carbocycles. The lowest BCUT2D eigenvalue weighted by Crippen LogP contribution is -2.48. The van der Waals surface area contributed by atoms with Crippen molar-refractivity contribution < 1.29 is 9.59 Å². The summed E-state index contributed by atoms with van der Waals surface area (Å²) in [6.07, 6.45) is 0. The number of nitrogens with zero attached hydrogens (tertiary/aromatic N) is 2. The monoisotopic (exact) mass is 500 g/mol. The van der Waals surface area contributed by atoms with Crippen LogP contribution in [0.4, 0.5) is 11.4 Å². The van der Waals surface area contributed by atoms with E-state index in [1.807, 2.05) is 84.6 Å². The summed E-state index contributed by atoms with van der Waals surface area (Å²) in [5, 5.41) is 6.06. The smallest absolute Gasteiger partial charge is 0.257 e. The van der Waals surface area contributed by atoms with Crippen LogP contribution in [-0.2, 0) is 0 Å². The van der Waals surface area contributed by atoms with Crippen LogP contribution in [0.25, 0.3) is 0 Å². The van der Waals surface area contributed by atoms with Crippen molar-refractivity contribution in [3.8, 4) is 0 Å². The van der Waals surface area contributed by atoms with Crippen molar-refractivity contribution in [2.24, 2.45) is 0 Å². The molecule has 2 amide bonds. The van der Waals surface area contributed by atoms with E-state index in [9.17, 15) is 9.59 Å². The summed E-state index contributed by atoms with van der Waals surface area (Å²) in [5.74, 6) is 0.260. The maximum absolute atomic E-state index is 12.8. The van der Waals surface area contributed by atoms with Gasteiger partial charge >= 0.3 is 0 Å². The van der Waals surface area contributed by atoms with Gasteiger partial charge in [0, 0.05) is 48.7 Å². The van der Waals surface area contributed by atoms with Crippen LogP contribution in [0, 0.1) is 6.92 Å². The molecule has 1 heterocycles. The molecule has 1 aliphatic heterocycles. The van der Waals surface area contributed by atoms with Crippen molar-refractivity contribution in [2.75, 3.05) is 36.4 Å². The van der Waals surface area contributed by atoms with Gasteiger partial charge in [-0.15, -0.1) is 0 Å². The zero-order valence-corrected chi connectivity index (χ0v) is 21.8. The van der Waals surface area contributed by atoms with E-state index in [0.29, 0.717) is 24.6 Å². The molecular formula is C29H32N4O2S. The lowest BCUT2D eigenvalue weighted by molar-refractivity contribution is 0.0746. The Labute approximate surface area is 218 Å². The molecule has 0 aromatic heterocycles. The van der Waals surface area contributed by atoms with Crippen molar-refractivity contribution in [3.63, 3.8) is 0 Å². The molecule has 4 rings (SSSR count). The second-order valence-electron chi connectivity index (χ2n) is 9.38. The maximum atomic E-state index is 12.8. The fourth-order valence-corrected chi connectivity index (χ4v) is 4.37. The van der Waals surface area contributed by atoms with Crippen molar-refractivity contribution in [1.82, 2.24) is 10.2 Å². The topological polar surface area (TPSA) is 64.7 Å². The van der Waals surface area contributed by atoms with E-state index in [-0.39, 0.29) is 16.9 Å². The Morgan fingerprint density at radius 2 is 1.39 bits per heavy atom. The molecule has 0 spiro atoms. The Morgan fingerprint density at radius 3 is 1.97 bits per heavy atom. The van der Waals surface area contributed by atoms with Gasteiger partial charge in [0.05, 0.1) is 0 Å². The van der Waals surface area contributed by atoms with Crippen LogP contribution in [-0.4, -0.2) is 48.0 Å². The Hall–Kier alpha value is -3.71. The van der Waals surface area contributed by atoms with Gasteiger partial charge in [-0.05, 0) is 79.2 Å². The number of amides is 2. The van der Waals surface area contributed by atoms with Crippen molar-refractivity contribution in [3.05, 3.63) is 95.1 Å². The van der Waals surface area contributed by atoms with Crippen LogP contribution < -0.4 is 15.5 Å². The normalized spacial score (nSPS) is 13.4. The number of hydrogen-bond donors (Lipinski definition) is 2. The van der Waals surface area contributed by atoms with Gasteiger partial charge in [0.25, 0.3) is 11.8 Å². The fraction of sp³-hybridized carbons (Fsp3) is 0.276. The first-order valence-electron chi connectivity index (χ1n) is 12.2. The van der Waals surface area contributed by atoms with E-state index in [0.717, 1.165) is 35.6 Å². The predicted octanol–water partition coefficient (Wildman–Crippen LogP) is 5.21. The van der Waals surface area contributed by atoms with Gasteiger partial charge in [0.1, 0.15) is 0 Å². The van der Waals surface area contributed by atoms with Crippen LogP contribution in [0.1, 0.15) is 51.6 Å². The standard InChI is InChI=1S/C29H32N4O2S/c1-20(2)22-8-10-23(11-9-22)27(34)31-29(36)30-25-12-14-26(15-13-25)32-16-18-33(19-17-32)28(35)24-6-4-21(3)5-7-24/h4-15,20H,16-19H2,1-3H3,(H2,30,31,34,36). The number of piperazine rings is 1. The number of anilines is 2. The number of aryl methyl sites for hydroxylation is 1. The number of thiocarbonyl (C=S) groups is 1. The molecule has 0 bridgehead atoms. The number of carbonyl (C=O) groups excluding carboxylic acids is 2. The molecule has 6 nitrogen and oxygen atoms in total. The van der Waals surface area contributed by atoms with E-state index < -0.39 is 0 Å². The van der Waals surface area contributed by atoms with Crippen molar-refractivity contribution in [1.29, 1.82) is 0 Å². The zero-order chi connectivity index (χ0) is 25.7. The third-order valence-corrected chi connectivity index (χ3v) is 6.63. The molecule has 0 aliphatic carbocycles. The van der Waals surface area contributed by atoms with E-state index in [1.165, 1.54) is 5.56 Å². The van der Waals surface area contributed by atoms with E-state index in [4.69, 9.17) is 12.2 Å². The quantitative estimate of drug-likeness (QED) is 0.471. The second-order valence-corrected chi connectivity index (χ2v) is 9.79. The highest BCUT2D eigenvalue weighted by molar-refractivity contribution is 7.80. The molecular weight excluding hydrogens is 468 g/mol. The summed E-state index contributed by atoms with van der Waals surface area (Å²) < 4.78 is 0. The van der Waals surface area contributed by atoms with Gasteiger partial charge < -0.3 is 15.1 Å². The van der Waals surface area contributed by atoms with Gasteiger partial charge in [0.15, 0.2) is 5.11 Å². The van der Waals surface area contributed by atoms with Crippen molar-refractivity contribution in [2.45, 2.75) is 26.7 Å². The highest BCUT2D eigenvalue weighted by atomic mass is 32.1. The van der Waals surface area contributed by atoms with Crippen LogP contribution in [0.2, 0.25) is 0 Å². The molecule has 36 heavy (non-hydrogen) atoms. The van der Waals surface area contributed by atoms with E-state index >= 15 is 0 Å². The summed E-state index contributed by atoms with van der Waals surface area (Å²) >= 11 is 5.33. The Kier molecular flexibility index (Phi) is 8.00. The third-order valence-electron chi connectivity index (χ3n) is 6.42. The van der Waals surface area contributed by atoms with Crippen LogP contribution in [0.5, 0.6) is 0 Å². The summed E-state index contributed by atoms with van der Waals surface area (Å²) in [6, 6.07) is 23.2. The summed E-state index contributed by atoms with van der Waals surface area (Å²) in [6.45, 7) is 9.16. The first-order chi connectivity index (χ1) is 17.3. The lowest BCUT2D eigenvalue weighted by atomic mass is 10.0. The summed E-state index contributed by atoms with van der Waals surface area (Å²) in [5.41, 5.74) is 5.52. The fourth-order valence-electron chi connectivity index (χ4n) is 4.16. The van der Waals surface area contributed by atoms with E-state index in [1.54, 1.807) is 0 Å².